The maximum absolute atomic E-state index is 13.2. The van der Waals surface area contributed by atoms with E-state index in [0.29, 0.717) is 24.9 Å². The Labute approximate surface area is 114 Å². The van der Waals surface area contributed by atoms with Crippen molar-refractivity contribution in [3.05, 3.63) is 34.1 Å². The SMILES string of the molecule is O=C(O)C1(Cc2cc(F)ccc2Br)CCCNC1. The first kappa shape index (κ1) is 13.5. The molecule has 1 aliphatic heterocycles. The minimum absolute atomic E-state index is 0.336. The Bertz CT molecular complexity index is 458. The second kappa shape index (κ2) is 5.36. The lowest BCUT2D eigenvalue weighted by atomic mass is 9.76. The van der Waals surface area contributed by atoms with Crippen molar-refractivity contribution < 1.29 is 14.3 Å². The molecule has 1 fully saturated rings. The number of halogens is 2. The number of nitrogens with one attached hydrogen (secondary N) is 1. The second-order valence-electron chi connectivity index (χ2n) is 4.78. The molecule has 1 unspecified atom stereocenters. The van der Waals surface area contributed by atoms with E-state index < -0.39 is 11.4 Å². The van der Waals surface area contributed by atoms with Crippen LogP contribution in [0.2, 0.25) is 0 Å². The molecular weight excluding hydrogens is 301 g/mol. The zero-order valence-corrected chi connectivity index (χ0v) is 11.5. The summed E-state index contributed by atoms with van der Waals surface area (Å²) in [5.41, 5.74) is -0.115. The molecule has 0 aliphatic carbocycles. The van der Waals surface area contributed by atoms with Crippen LogP contribution in [0.5, 0.6) is 0 Å². The molecule has 98 valence electrons. The predicted molar refractivity (Wildman–Crippen MR) is 70.0 cm³/mol. The monoisotopic (exact) mass is 315 g/mol. The van der Waals surface area contributed by atoms with Crippen LogP contribution in [0.3, 0.4) is 0 Å². The summed E-state index contributed by atoms with van der Waals surface area (Å²) >= 11 is 3.35. The van der Waals surface area contributed by atoms with Crippen molar-refractivity contribution in [1.82, 2.24) is 5.32 Å². The predicted octanol–water partition coefficient (Wildman–Crippen LogP) is 2.59. The zero-order chi connectivity index (χ0) is 13.2. The molecule has 18 heavy (non-hydrogen) atoms. The number of aliphatic carboxylic acids is 1. The molecule has 0 bridgehead atoms. The van der Waals surface area contributed by atoms with E-state index in [1.54, 1.807) is 6.07 Å². The fraction of sp³-hybridized carbons (Fsp3) is 0.462. The third-order valence-corrected chi connectivity index (χ3v) is 4.24. The molecule has 0 radical (unpaired) electrons. The minimum Gasteiger partial charge on any atom is -0.481 e. The number of carboxylic acids is 1. The van der Waals surface area contributed by atoms with E-state index in [1.807, 2.05) is 0 Å². The van der Waals surface area contributed by atoms with Crippen LogP contribution in [-0.2, 0) is 11.2 Å². The van der Waals surface area contributed by atoms with Gasteiger partial charge in [0.25, 0.3) is 0 Å². The van der Waals surface area contributed by atoms with Gasteiger partial charge in [-0.2, -0.15) is 0 Å². The van der Waals surface area contributed by atoms with Crippen LogP contribution in [0.15, 0.2) is 22.7 Å². The summed E-state index contributed by atoms with van der Waals surface area (Å²) in [6.07, 6.45) is 1.80. The fourth-order valence-electron chi connectivity index (χ4n) is 2.42. The molecule has 1 heterocycles. The Kier molecular flexibility index (Phi) is 4.02. The van der Waals surface area contributed by atoms with Crippen molar-refractivity contribution in [2.24, 2.45) is 5.41 Å². The number of rotatable bonds is 3. The Morgan fingerprint density at radius 3 is 2.94 bits per heavy atom. The van der Waals surface area contributed by atoms with Crippen molar-refractivity contribution in [2.75, 3.05) is 13.1 Å². The highest BCUT2D eigenvalue weighted by atomic mass is 79.9. The van der Waals surface area contributed by atoms with E-state index >= 15 is 0 Å². The summed E-state index contributed by atoms with van der Waals surface area (Å²) in [4.78, 5) is 11.5. The molecule has 0 amide bonds. The molecule has 2 rings (SSSR count). The van der Waals surface area contributed by atoms with E-state index in [4.69, 9.17) is 0 Å². The van der Waals surface area contributed by atoms with Gasteiger partial charge >= 0.3 is 5.97 Å². The Hall–Kier alpha value is -0.940. The van der Waals surface area contributed by atoms with E-state index in [2.05, 4.69) is 21.2 Å². The topological polar surface area (TPSA) is 49.3 Å². The first-order valence-corrected chi connectivity index (χ1v) is 6.71. The molecule has 1 aromatic carbocycles. The second-order valence-corrected chi connectivity index (χ2v) is 5.63. The van der Waals surface area contributed by atoms with E-state index in [0.717, 1.165) is 17.4 Å². The van der Waals surface area contributed by atoms with Gasteiger partial charge < -0.3 is 10.4 Å². The molecule has 1 atom stereocenters. The molecule has 0 spiro atoms. The van der Waals surface area contributed by atoms with Crippen LogP contribution in [0.25, 0.3) is 0 Å². The third kappa shape index (κ3) is 2.72. The maximum Gasteiger partial charge on any atom is 0.311 e. The van der Waals surface area contributed by atoms with Crippen molar-refractivity contribution in [3.63, 3.8) is 0 Å². The van der Waals surface area contributed by atoms with Crippen LogP contribution in [0.4, 0.5) is 4.39 Å². The number of hydrogen-bond donors (Lipinski definition) is 2. The Balaban J connectivity index is 2.28. The van der Waals surface area contributed by atoms with Gasteiger partial charge in [0.05, 0.1) is 5.41 Å². The molecule has 0 aromatic heterocycles. The van der Waals surface area contributed by atoms with Crippen LogP contribution in [0.1, 0.15) is 18.4 Å². The third-order valence-electron chi connectivity index (χ3n) is 3.46. The van der Waals surface area contributed by atoms with Gasteiger partial charge in [-0.05, 0) is 49.6 Å². The fourth-order valence-corrected chi connectivity index (χ4v) is 2.81. The number of carbonyl (C=O) groups is 1. The lowest BCUT2D eigenvalue weighted by molar-refractivity contribution is -0.150. The molecule has 0 saturated carbocycles. The molecule has 1 aromatic rings. The maximum atomic E-state index is 13.2. The van der Waals surface area contributed by atoms with Crippen LogP contribution in [0, 0.1) is 11.2 Å². The zero-order valence-electron chi connectivity index (χ0n) is 9.88. The molecule has 5 heteroatoms. The van der Waals surface area contributed by atoms with Gasteiger partial charge in [0, 0.05) is 11.0 Å². The Morgan fingerprint density at radius 1 is 1.56 bits per heavy atom. The minimum atomic E-state index is -0.825. The quantitative estimate of drug-likeness (QED) is 0.901. The highest BCUT2D eigenvalue weighted by Gasteiger charge is 2.40. The lowest BCUT2D eigenvalue weighted by Gasteiger charge is -2.34. The number of hydrogen-bond acceptors (Lipinski definition) is 2. The summed E-state index contributed by atoms with van der Waals surface area (Å²) < 4.78 is 14.0. The first-order valence-electron chi connectivity index (χ1n) is 5.92. The smallest absolute Gasteiger partial charge is 0.311 e. The Morgan fingerprint density at radius 2 is 2.33 bits per heavy atom. The summed E-state index contributed by atoms with van der Waals surface area (Å²) in [5, 5.41) is 12.6. The normalized spacial score (nSPS) is 23.9. The molecular formula is C13H15BrFNO2. The van der Waals surface area contributed by atoms with E-state index in [9.17, 15) is 14.3 Å². The van der Waals surface area contributed by atoms with Gasteiger partial charge in [-0.1, -0.05) is 15.9 Å². The molecule has 2 N–H and O–H groups in total. The first-order chi connectivity index (χ1) is 8.53. The van der Waals surface area contributed by atoms with Gasteiger partial charge in [0.2, 0.25) is 0 Å². The van der Waals surface area contributed by atoms with Gasteiger partial charge in [0.15, 0.2) is 0 Å². The van der Waals surface area contributed by atoms with Crippen molar-refractivity contribution in [2.45, 2.75) is 19.3 Å². The average Bonchev–Trinajstić information content (AvgIpc) is 2.35. The standard InChI is InChI=1S/C13H15BrFNO2/c14-11-3-2-10(15)6-9(11)7-13(12(17)18)4-1-5-16-8-13/h2-3,6,16H,1,4-5,7-8H2,(H,17,18). The van der Waals surface area contributed by atoms with Crippen molar-refractivity contribution in [1.29, 1.82) is 0 Å². The molecule has 1 aliphatic rings. The van der Waals surface area contributed by atoms with Gasteiger partial charge in [-0.3, -0.25) is 4.79 Å². The lowest BCUT2D eigenvalue weighted by Crippen LogP contribution is -2.47. The van der Waals surface area contributed by atoms with E-state index in [1.165, 1.54) is 12.1 Å². The number of benzene rings is 1. The summed E-state index contributed by atoms with van der Waals surface area (Å²) in [6.45, 7) is 1.28. The van der Waals surface area contributed by atoms with Gasteiger partial charge in [0.1, 0.15) is 5.82 Å². The summed E-state index contributed by atoms with van der Waals surface area (Å²) in [6, 6.07) is 4.39. The van der Waals surface area contributed by atoms with Gasteiger partial charge in [-0.15, -0.1) is 0 Å². The van der Waals surface area contributed by atoms with Crippen molar-refractivity contribution in [3.8, 4) is 0 Å². The number of piperidine rings is 1. The molecule has 1 saturated heterocycles. The highest BCUT2D eigenvalue weighted by Crippen LogP contribution is 2.33. The molecule has 3 nitrogen and oxygen atoms in total. The van der Waals surface area contributed by atoms with Crippen LogP contribution >= 0.6 is 15.9 Å². The van der Waals surface area contributed by atoms with Gasteiger partial charge in [-0.25, -0.2) is 4.39 Å². The van der Waals surface area contributed by atoms with E-state index in [-0.39, 0.29) is 5.82 Å². The highest BCUT2D eigenvalue weighted by molar-refractivity contribution is 9.10. The largest absolute Gasteiger partial charge is 0.481 e. The summed E-state index contributed by atoms with van der Waals surface area (Å²) in [7, 11) is 0. The van der Waals surface area contributed by atoms with Crippen LogP contribution in [-0.4, -0.2) is 24.2 Å². The van der Waals surface area contributed by atoms with Crippen LogP contribution < -0.4 is 5.32 Å². The van der Waals surface area contributed by atoms with Crippen molar-refractivity contribution >= 4 is 21.9 Å². The summed E-state index contributed by atoms with van der Waals surface area (Å²) in [5.74, 6) is -1.15. The average molecular weight is 316 g/mol. The number of carboxylic acid groups (broad SMARTS) is 1.